The fraction of sp³-hybridized carbons (Fsp3) is 0.500. The van der Waals surface area contributed by atoms with Crippen LogP contribution in [0.5, 0.6) is 0 Å². The number of hydrogen-bond donors (Lipinski definition) is 1. The highest BCUT2D eigenvalue weighted by Gasteiger charge is 2.19. The average Bonchev–Trinajstić information content (AvgIpc) is 2.96. The largest absolute Gasteiger partial charge is 0.379 e. The number of morpholine rings is 1. The second kappa shape index (κ2) is 7.25. The van der Waals surface area contributed by atoms with Crippen LogP contribution in [0.25, 0.3) is 11.1 Å². The molecule has 5 heteroatoms. The summed E-state index contributed by atoms with van der Waals surface area (Å²) in [7, 11) is 1.70. The number of H-pyrrole nitrogens is 1. The number of hydrogen-bond acceptors (Lipinski definition) is 4. The van der Waals surface area contributed by atoms with E-state index in [1.54, 1.807) is 7.11 Å². The van der Waals surface area contributed by atoms with Crippen molar-refractivity contribution in [3.63, 3.8) is 0 Å². The van der Waals surface area contributed by atoms with Crippen LogP contribution in [0, 0.1) is 6.92 Å². The molecule has 1 N–H and O–H groups in total. The molecule has 2 heterocycles. The molecule has 5 nitrogen and oxygen atoms in total. The number of ether oxygens (including phenoxy) is 2. The molecule has 1 aromatic heterocycles. The Morgan fingerprint density at radius 3 is 2.61 bits per heavy atom. The van der Waals surface area contributed by atoms with E-state index in [1.165, 1.54) is 11.1 Å². The highest BCUT2D eigenvalue weighted by atomic mass is 16.5. The maximum absolute atomic E-state index is 5.44. The predicted molar refractivity (Wildman–Crippen MR) is 90.3 cm³/mol. The number of nitrogens with one attached hydrogen (secondary N) is 1. The summed E-state index contributed by atoms with van der Waals surface area (Å²) in [6.45, 7) is 8.49. The molecule has 0 aliphatic carbocycles. The molecule has 0 saturated carbocycles. The molecule has 0 amide bonds. The van der Waals surface area contributed by atoms with E-state index in [4.69, 9.17) is 9.47 Å². The molecule has 0 bridgehead atoms. The Hall–Kier alpha value is -1.69. The van der Waals surface area contributed by atoms with Crippen LogP contribution in [0.1, 0.15) is 29.9 Å². The monoisotopic (exact) mass is 315 g/mol. The summed E-state index contributed by atoms with van der Waals surface area (Å²) in [6.07, 6.45) is 0. The first-order valence-electron chi connectivity index (χ1n) is 8.15. The Morgan fingerprint density at radius 1 is 1.26 bits per heavy atom. The molecule has 1 fully saturated rings. The van der Waals surface area contributed by atoms with Gasteiger partial charge in [-0.2, -0.15) is 5.10 Å². The molecular weight excluding hydrogens is 290 g/mol. The molecule has 0 unspecified atom stereocenters. The number of aromatic nitrogens is 2. The van der Waals surface area contributed by atoms with Gasteiger partial charge in [0.2, 0.25) is 0 Å². The van der Waals surface area contributed by atoms with E-state index in [9.17, 15) is 0 Å². The maximum atomic E-state index is 5.44. The minimum atomic E-state index is 0.414. The van der Waals surface area contributed by atoms with E-state index in [2.05, 4.69) is 46.3 Å². The molecule has 0 radical (unpaired) electrons. The number of nitrogens with zero attached hydrogens (tertiary/aromatic N) is 2. The molecular formula is C18H25N3O2. The zero-order valence-corrected chi connectivity index (χ0v) is 14.1. The molecule has 2 aromatic rings. The van der Waals surface area contributed by atoms with Gasteiger partial charge in [0.15, 0.2) is 0 Å². The van der Waals surface area contributed by atoms with E-state index in [-0.39, 0.29) is 0 Å². The van der Waals surface area contributed by atoms with Crippen LogP contribution < -0.4 is 0 Å². The quantitative estimate of drug-likeness (QED) is 0.922. The van der Waals surface area contributed by atoms with Gasteiger partial charge in [-0.05, 0) is 25.0 Å². The van der Waals surface area contributed by atoms with Gasteiger partial charge in [-0.25, -0.2) is 0 Å². The fourth-order valence-electron chi connectivity index (χ4n) is 3.21. The van der Waals surface area contributed by atoms with Crippen LogP contribution >= 0.6 is 0 Å². The number of aromatic amines is 1. The minimum Gasteiger partial charge on any atom is -0.379 e. The highest BCUT2D eigenvalue weighted by Crippen LogP contribution is 2.29. The van der Waals surface area contributed by atoms with Crippen LogP contribution in [0.2, 0.25) is 0 Å². The van der Waals surface area contributed by atoms with Crippen molar-refractivity contribution in [1.82, 2.24) is 15.1 Å². The lowest BCUT2D eigenvalue weighted by molar-refractivity contribution is 0.0198. The van der Waals surface area contributed by atoms with Crippen LogP contribution in [-0.2, 0) is 16.1 Å². The molecule has 0 spiro atoms. The summed E-state index contributed by atoms with van der Waals surface area (Å²) in [5.41, 5.74) is 5.70. The van der Waals surface area contributed by atoms with Gasteiger partial charge in [0.25, 0.3) is 0 Å². The molecule has 1 saturated heterocycles. The molecule has 1 aliphatic heterocycles. The molecule has 1 aliphatic rings. The Morgan fingerprint density at radius 2 is 1.96 bits per heavy atom. The first-order chi connectivity index (χ1) is 11.2. The number of aryl methyl sites for hydroxylation is 1. The van der Waals surface area contributed by atoms with Gasteiger partial charge in [-0.1, -0.05) is 24.3 Å². The van der Waals surface area contributed by atoms with Crippen molar-refractivity contribution < 1.29 is 9.47 Å². The second-order valence-corrected chi connectivity index (χ2v) is 6.05. The van der Waals surface area contributed by atoms with Crippen molar-refractivity contribution >= 4 is 0 Å². The van der Waals surface area contributed by atoms with Crippen LogP contribution in [0.4, 0.5) is 0 Å². The lowest BCUT2D eigenvalue weighted by Gasteiger charge is -2.32. The van der Waals surface area contributed by atoms with Gasteiger partial charge in [-0.15, -0.1) is 0 Å². The third-order valence-electron chi connectivity index (χ3n) is 4.58. The Kier molecular flexibility index (Phi) is 5.10. The van der Waals surface area contributed by atoms with Crippen molar-refractivity contribution in [2.45, 2.75) is 26.5 Å². The summed E-state index contributed by atoms with van der Waals surface area (Å²) in [6, 6.07) is 9.22. The number of methoxy groups -OCH3 is 1. The summed E-state index contributed by atoms with van der Waals surface area (Å²) >= 11 is 0. The number of rotatable bonds is 5. The smallest absolute Gasteiger partial charge is 0.0960 e. The average molecular weight is 315 g/mol. The molecule has 1 aromatic carbocycles. The second-order valence-electron chi connectivity index (χ2n) is 6.05. The summed E-state index contributed by atoms with van der Waals surface area (Å²) in [5, 5.41) is 7.40. The van der Waals surface area contributed by atoms with Gasteiger partial charge in [0, 0.05) is 37.5 Å². The van der Waals surface area contributed by atoms with Crippen molar-refractivity contribution in [2.24, 2.45) is 0 Å². The summed E-state index contributed by atoms with van der Waals surface area (Å²) < 4.78 is 10.7. The first-order valence-corrected chi connectivity index (χ1v) is 8.15. The summed E-state index contributed by atoms with van der Waals surface area (Å²) in [5.74, 6) is 0. The number of benzene rings is 1. The van der Waals surface area contributed by atoms with Crippen LogP contribution in [0.3, 0.4) is 0 Å². The molecule has 124 valence electrons. The lowest BCUT2D eigenvalue weighted by atomic mass is 9.99. The zero-order chi connectivity index (χ0) is 16.2. The van der Waals surface area contributed by atoms with Crippen molar-refractivity contribution in [3.8, 4) is 11.1 Å². The van der Waals surface area contributed by atoms with Crippen molar-refractivity contribution in [1.29, 1.82) is 0 Å². The normalized spacial score (nSPS) is 17.3. The molecule has 1 atom stereocenters. The first kappa shape index (κ1) is 16.2. The highest BCUT2D eigenvalue weighted by molar-refractivity contribution is 5.68. The van der Waals surface area contributed by atoms with Crippen LogP contribution in [-0.4, -0.2) is 48.5 Å². The van der Waals surface area contributed by atoms with Crippen LogP contribution in [0.15, 0.2) is 24.3 Å². The SMILES string of the molecule is COCc1n[nH]c(C)c1-c1ccc([C@@H](C)N2CCOCC2)cc1. The van der Waals surface area contributed by atoms with Gasteiger partial charge in [0.05, 0.1) is 25.5 Å². The van der Waals surface area contributed by atoms with E-state index in [1.807, 2.05) is 6.92 Å². The van der Waals surface area contributed by atoms with Gasteiger partial charge >= 0.3 is 0 Å². The van der Waals surface area contributed by atoms with Gasteiger partial charge in [-0.3, -0.25) is 10.00 Å². The van der Waals surface area contributed by atoms with Gasteiger partial charge < -0.3 is 9.47 Å². The topological polar surface area (TPSA) is 50.4 Å². The van der Waals surface area contributed by atoms with Crippen molar-refractivity contribution in [3.05, 3.63) is 41.2 Å². The molecule has 23 heavy (non-hydrogen) atoms. The fourth-order valence-corrected chi connectivity index (χ4v) is 3.21. The third kappa shape index (κ3) is 3.47. The van der Waals surface area contributed by atoms with Gasteiger partial charge in [0.1, 0.15) is 0 Å². The predicted octanol–water partition coefficient (Wildman–Crippen LogP) is 2.92. The van der Waals surface area contributed by atoms with E-state index >= 15 is 0 Å². The third-order valence-corrected chi connectivity index (χ3v) is 4.58. The van der Waals surface area contributed by atoms with E-state index in [0.29, 0.717) is 12.6 Å². The van der Waals surface area contributed by atoms with Crippen molar-refractivity contribution in [2.75, 3.05) is 33.4 Å². The Labute approximate surface area is 137 Å². The standard InChI is InChI=1S/C18H25N3O2/c1-13-18(17(12-22-3)20-19-13)16-6-4-15(5-7-16)14(2)21-8-10-23-11-9-21/h4-7,14H,8-12H2,1-3H3,(H,19,20)/t14-/m1/s1. The van der Waals surface area contributed by atoms with E-state index in [0.717, 1.165) is 43.3 Å². The van der Waals surface area contributed by atoms with E-state index < -0.39 is 0 Å². The molecule has 3 rings (SSSR count). The minimum absolute atomic E-state index is 0.414. The zero-order valence-electron chi connectivity index (χ0n) is 14.1. The summed E-state index contributed by atoms with van der Waals surface area (Å²) in [4.78, 5) is 2.47. The lowest BCUT2D eigenvalue weighted by Crippen LogP contribution is -2.37. The Balaban J connectivity index is 1.80. The Bertz CT molecular complexity index is 630. The maximum Gasteiger partial charge on any atom is 0.0960 e.